The van der Waals surface area contributed by atoms with Crippen LogP contribution in [0.2, 0.25) is 0 Å². The molecule has 0 spiro atoms. The summed E-state index contributed by atoms with van der Waals surface area (Å²) in [5.41, 5.74) is -1.35. The highest BCUT2D eigenvalue weighted by molar-refractivity contribution is 5.76. The van der Waals surface area contributed by atoms with Crippen LogP contribution in [0.25, 0.3) is 11.4 Å². The second kappa shape index (κ2) is 8.24. The van der Waals surface area contributed by atoms with Crippen LogP contribution in [-0.2, 0) is 12.7 Å². The predicted octanol–water partition coefficient (Wildman–Crippen LogP) is 2.77. The maximum atomic E-state index is 12.6. The molecule has 0 atom stereocenters. The molecule has 0 aliphatic carbocycles. The average molecular weight is 463 g/mol. The molecule has 2 aromatic heterocycles. The molecule has 0 saturated carbocycles. The highest BCUT2D eigenvalue weighted by Crippen LogP contribution is 2.30. The third-order valence-corrected chi connectivity index (χ3v) is 4.51. The number of anilines is 2. The molecule has 8 nitrogen and oxygen atoms in total. The fourth-order valence-corrected chi connectivity index (χ4v) is 2.91. The van der Waals surface area contributed by atoms with Gasteiger partial charge in [-0.15, -0.1) is 0 Å². The number of halogens is 6. The lowest BCUT2D eigenvalue weighted by atomic mass is 10.1. The Balaban J connectivity index is 1.72. The lowest BCUT2D eigenvalue weighted by Crippen LogP contribution is -2.44. The number of hydrogen-bond donors (Lipinski definition) is 0. The summed E-state index contributed by atoms with van der Waals surface area (Å²) in [7, 11) is 2.74. The fraction of sp³-hybridized carbons (Fsp3) is 0.389. The number of pyridine rings is 1. The molecule has 0 N–H and O–H groups in total. The van der Waals surface area contributed by atoms with E-state index in [1.165, 1.54) is 37.3 Å². The molecule has 14 heteroatoms. The number of alkyl halides is 6. The van der Waals surface area contributed by atoms with Gasteiger partial charge in [0.05, 0.1) is 18.7 Å². The largest absolute Gasteiger partial charge is 0.471 e. The van der Waals surface area contributed by atoms with Crippen LogP contribution >= 0.6 is 0 Å². The molecule has 0 saturated heterocycles. The second-order valence-electron chi connectivity index (χ2n) is 6.96. The smallest absolute Gasteiger partial charge is 0.369 e. The lowest BCUT2D eigenvalue weighted by Gasteiger charge is -2.28. The van der Waals surface area contributed by atoms with E-state index >= 15 is 0 Å². The molecule has 2 heterocycles. The minimum Gasteiger partial charge on any atom is -0.369 e. The first kappa shape index (κ1) is 23.2. The van der Waals surface area contributed by atoms with Crippen molar-refractivity contribution in [3.63, 3.8) is 0 Å². The summed E-state index contributed by atoms with van der Waals surface area (Å²) < 4.78 is 79.2. The van der Waals surface area contributed by atoms with Gasteiger partial charge in [-0.3, -0.25) is 14.6 Å². The van der Waals surface area contributed by atoms with Crippen LogP contribution in [0.5, 0.6) is 0 Å². The Labute approximate surface area is 175 Å². The quantitative estimate of drug-likeness (QED) is 0.390. The first-order chi connectivity index (χ1) is 14.8. The zero-order valence-electron chi connectivity index (χ0n) is 16.6. The van der Waals surface area contributed by atoms with Gasteiger partial charge in [0.15, 0.2) is 0 Å². The van der Waals surface area contributed by atoms with Crippen molar-refractivity contribution in [2.24, 2.45) is 0 Å². The Hall–Kier alpha value is -3.45. The van der Waals surface area contributed by atoms with Crippen molar-refractivity contribution in [1.29, 1.82) is 0 Å². The average Bonchev–Trinajstić information content (AvgIpc) is 3.20. The van der Waals surface area contributed by atoms with E-state index in [9.17, 15) is 35.9 Å². The van der Waals surface area contributed by atoms with Crippen molar-refractivity contribution in [2.75, 3.05) is 30.4 Å². The van der Waals surface area contributed by atoms with Gasteiger partial charge in [-0.05, 0) is 12.1 Å². The fourth-order valence-electron chi connectivity index (χ4n) is 2.91. The first-order valence-electron chi connectivity index (χ1n) is 8.96. The van der Waals surface area contributed by atoms with Crippen LogP contribution in [0.3, 0.4) is 0 Å². The molecular formula is C18H15F6N5O3. The van der Waals surface area contributed by atoms with Crippen molar-refractivity contribution in [3.05, 3.63) is 50.4 Å². The highest BCUT2D eigenvalue weighted by Gasteiger charge is 2.38. The lowest BCUT2D eigenvalue weighted by molar-refractivity contribution is -0.159. The summed E-state index contributed by atoms with van der Waals surface area (Å²) in [6.07, 6.45) is -9.15. The van der Waals surface area contributed by atoms with Gasteiger partial charge in [0.1, 0.15) is 11.4 Å². The molecule has 0 bridgehead atoms. The van der Waals surface area contributed by atoms with Gasteiger partial charge in [0.2, 0.25) is 5.82 Å². The third kappa shape index (κ3) is 4.89. The minimum atomic E-state index is -4.78. The molecule has 0 aliphatic rings. The van der Waals surface area contributed by atoms with E-state index in [4.69, 9.17) is 0 Å². The number of nitrogens with zero attached hydrogens (tertiary/aromatic N) is 5. The van der Waals surface area contributed by atoms with Gasteiger partial charge >= 0.3 is 18.2 Å². The Kier molecular flexibility index (Phi) is 5.98. The molecule has 3 aromatic rings. The second-order valence-corrected chi connectivity index (χ2v) is 6.96. The van der Waals surface area contributed by atoms with E-state index in [0.717, 1.165) is 4.90 Å². The maximum absolute atomic E-state index is 12.6. The van der Waals surface area contributed by atoms with Crippen molar-refractivity contribution in [1.82, 2.24) is 15.1 Å². The Morgan fingerprint density at radius 2 is 1.59 bits per heavy atom. The molecule has 0 amide bonds. The van der Waals surface area contributed by atoms with Crippen LogP contribution in [0, 0.1) is 0 Å². The van der Waals surface area contributed by atoms with E-state index in [1.807, 2.05) is 0 Å². The van der Waals surface area contributed by atoms with Crippen LogP contribution in [-0.4, -0.2) is 41.9 Å². The Bertz CT molecular complexity index is 1160. The number of rotatable bonds is 7. The monoisotopic (exact) mass is 463 g/mol. The van der Waals surface area contributed by atoms with Crippen LogP contribution in [0.4, 0.5) is 37.7 Å². The summed E-state index contributed by atoms with van der Waals surface area (Å²) in [6.45, 7) is -0.488. The number of hydrogen-bond acceptors (Lipinski definition) is 8. The Morgan fingerprint density at radius 1 is 0.969 bits per heavy atom. The van der Waals surface area contributed by atoms with Gasteiger partial charge < -0.3 is 14.3 Å². The van der Waals surface area contributed by atoms with Gasteiger partial charge in [0, 0.05) is 32.4 Å². The molecule has 32 heavy (non-hydrogen) atoms. The van der Waals surface area contributed by atoms with Gasteiger partial charge in [0.25, 0.3) is 10.9 Å². The topological polar surface area (TPSA) is 92.4 Å². The third-order valence-electron chi connectivity index (χ3n) is 4.51. The Morgan fingerprint density at radius 3 is 2.09 bits per heavy atom. The molecule has 3 rings (SSSR count). The molecular weight excluding hydrogens is 448 g/mol. The van der Waals surface area contributed by atoms with E-state index in [2.05, 4.69) is 19.6 Å². The van der Waals surface area contributed by atoms with Crippen molar-refractivity contribution >= 4 is 11.4 Å². The standard InChI is InChI=1S/C18H15F6N5O3/c1-28(6-5-17(19,20)21)11-12(14(31)13(11)30)29(2)8-10-4-3-9(7-25-10)15-26-16(32-27-15)18(22,23)24/h3-4,7H,5-6,8H2,1-2H3. The zero-order chi connectivity index (χ0) is 23.8. The summed E-state index contributed by atoms with van der Waals surface area (Å²) in [4.78, 5) is 33.6. The first-order valence-corrected chi connectivity index (χ1v) is 8.96. The van der Waals surface area contributed by atoms with Crippen LogP contribution in [0.1, 0.15) is 18.0 Å². The summed E-state index contributed by atoms with van der Waals surface area (Å²) in [5.74, 6) is -1.82. The molecule has 0 unspecified atom stereocenters. The van der Waals surface area contributed by atoms with E-state index in [1.54, 1.807) is 0 Å². The molecule has 1 aromatic carbocycles. The highest BCUT2D eigenvalue weighted by atomic mass is 19.4. The van der Waals surface area contributed by atoms with Gasteiger partial charge in [-0.2, -0.15) is 31.3 Å². The predicted molar refractivity (Wildman–Crippen MR) is 99.9 cm³/mol. The normalized spacial score (nSPS) is 12.4. The SMILES string of the molecule is CN(CCC(F)(F)F)c1c(N(C)Cc2ccc(-c3noc(C(F)(F)F)n3)cn2)c(=O)c1=O. The van der Waals surface area contributed by atoms with Crippen molar-refractivity contribution < 1.29 is 30.9 Å². The molecule has 172 valence electrons. The zero-order valence-corrected chi connectivity index (χ0v) is 16.6. The van der Waals surface area contributed by atoms with Gasteiger partial charge in [-0.25, -0.2) is 0 Å². The van der Waals surface area contributed by atoms with Crippen LogP contribution in [0.15, 0.2) is 32.4 Å². The number of aromatic nitrogens is 3. The van der Waals surface area contributed by atoms with Crippen molar-refractivity contribution in [3.8, 4) is 11.4 Å². The minimum absolute atomic E-state index is 0.00525. The molecule has 0 aliphatic heterocycles. The van der Waals surface area contributed by atoms with E-state index in [0.29, 0.717) is 5.69 Å². The summed E-state index contributed by atoms with van der Waals surface area (Å²) in [6, 6.07) is 2.83. The maximum Gasteiger partial charge on any atom is 0.471 e. The van der Waals surface area contributed by atoms with E-state index < -0.39 is 42.1 Å². The van der Waals surface area contributed by atoms with E-state index in [-0.39, 0.29) is 29.3 Å². The van der Waals surface area contributed by atoms with Gasteiger partial charge in [-0.1, -0.05) is 5.16 Å². The summed E-state index contributed by atoms with van der Waals surface area (Å²) in [5, 5.41) is 3.24. The van der Waals surface area contributed by atoms with Crippen molar-refractivity contribution in [2.45, 2.75) is 25.3 Å². The molecule has 0 fully saturated rings. The molecule has 0 radical (unpaired) electrons. The summed E-state index contributed by atoms with van der Waals surface area (Å²) >= 11 is 0. The van der Waals surface area contributed by atoms with Crippen LogP contribution < -0.4 is 20.7 Å².